The van der Waals surface area contributed by atoms with Gasteiger partial charge in [0.15, 0.2) is 0 Å². The van der Waals surface area contributed by atoms with E-state index in [1.165, 1.54) is 6.07 Å². The molecule has 0 aliphatic carbocycles. The van der Waals surface area contributed by atoms with Gasteiger partial charge in [-0.05, 0) is 32.0 Å². The number of hydrogen-bond donors (Lipinski definition) is 1. The van der Waals surface area contributed by atoms with Gasteiger partial charge < -0.3 is 5.32 Å². The number of hydrogen-bond acceptors (Lipinski definition) is 1. The fraction of sp³-hybridized carbons (Fsp3) is 0.385. The van der Waals surface area contributed by atoms with E-state index in [1.807, 2.05) is 25.1 Å². The van der Waals surface area contributed by atoms with Gasteiger partial charge in [-0.1, -0.05) is 30.7 Å². The highest BCUT2D eigenvalue weighted by Crippen LogP contribution is 2.11. The SMILES string of the molecule is CCCNC/C=C/c1cc(C)ccc1F. The summed E-state index contributed by atoms with van der Waals surface area (Å²) in [7, 11) is 0. The van der Waals surface area contributed by atoms with Crippen molar-refractivity contribution in [2.75, 3.05) is 13.1 Å². The molecular formula is C13H18FN. The average molecular weight is 207 g/mol. The van der Waals surface area contributed by atoms with Crippen molar-refractivity contribution in [3.05, 3.63) is 41.2 Å². The van der Waals surface area contributed by atoms with Gasteiger partial charge in [0.2, 0.25) is 0 Å². The molecule has 1 nitrogen and oxygen atoms in total. The normalized spacial score (nSPS) is 11.1. The highest BCUT2D eigenvalue weighted by Gasteiger charge is 1.96. The van der Waals surface area contributed by atoms with Crippen molar-refractivity contribution in [2.24, 2.45) is 0 Å². The van der Waals surface area contributed by atoms with Crippen LogP contribution in [-0.4, -0.2) is 13.1 Å². The number of benzene rings is 1. The van der Waals surface area contributed by atoms with Crippen LogP contribution in [0.4, 0.5) is 4.39 Å². The molecule has 0 radical (unpaired) electrons. The Hall–Kier alpha value is -1.15. The second-order valence-electron chi connectivity index (χ2n) is 3.63. The highest BCUT2D eigenvalue weighted by atomic mass is 19.1. The van der Waals surface area contributed by atoms with E-state index in [1.54, 1.807) is 6.07 Å². The van der Waals surface area contributed by atoms with Crippen LogP contribution in [-0.2, 0) is 0 Å². The lowest BCUT2D eigenvalue weighted by molar-refractivity contribution is 0.624. The van der Waals surface area contributed by atoms with Gasteiger partial charge in [0.25, 0.3) is 0 Å². The summed E-state index contributed by atoms with van der Waals surface area (Å²) in [5.74, 6) is -0.160. The third kappa shape index (κ3) is 4.26. The summed E-state index contributed by atoms with van der Waals surface area (Å²) in [5.41, 5.74) is 1.74. The lowest BCUT2D eigenvalue weighted by Crippen LogP contribution is -2.13. The van der Waals surface area contributed by atoms with Gasteiger partial charge in [0, 0.05) is 12.1 Å². The molecule has 0 aliphatic rings. The lowest BCUT2D eigenvalue weighted by atomic mass is 10.1. The van der Waals surface area contributed by atoms with Gasteiger partial charge in [0.05, 0.1) is 0 Å². The Balaban J connectivity index is 2.52. The van der Waals surface area contributed by atoms with Crippen molar-refractivity contribution in [1.29, 1.82) is 0 Å². The van der Waals surface area contributed by atoms with Gasteiger partial charge in [-0.25, -0.2) is 4.39 Å². The molecule has 0 heterocycles. The Morgan fingerprint density at radius 3 is 2.93 bits per heavy atom. The predicted molar refractivity (Wildman–Crippen MR) is 63.3 cm³/mol. The summed E-state index contributed by atoms with van der Waals surface area (Å²) in [6, 6.07) is 5.14. The standard InChI is InChI=1S/C13H18FN/c1-3-8-15-9-4-5-12-10-11(2)6-7-13(12)14/h4-7,10,15H,3,8-9H2,1-2H3/b5-4+. The quantitative estimate of drug-likeness (QED) is 0.731. The molecule has 1 rings (SSSR count). The predicted octanol–water partition coefficient (Wildman–Crippen LogP) is 3.15. The molecule has 0 saturated heterocycles. The zero-order chi connectivity index (χ0) is 11.1. The van der Waals surface area contributed by atoms with E-state index in [9.17, 15) is 4.39 Å². The number of aryl methyl sites for hydroxylation is 1. The number of rotatable bonds is 5. The fourth-order valence-corrected chi connectivity index (χ4v) is 1.34. The first kappa shape index (κ1) is 11.9. The van der Waals surface area contributed by atoms with Crippen molar-refractivity contribution in [3.8, 4) is 0 Å². The Kier molecular flexibility index (Phi) is 5.05. The molecule has 1 aromatic rings. The van der Waals surface area contributed by atoms with Crippen molar-refractivity contribution in [3.63, 3.8) is 0 Å². The number of nitrogens with one attached hydrogen (secondary N) is 1. The van der Waals surface area contributed by atoms with Gasteiger partial charge >= 0.3 is 0 Å². The van der Waals surface area contributed by atoms with E-state index >= 15 is 0 Å². The van der Waals surface area contributed by atoms with Crippen LogP contribution in [0.1, 0.15) is 24.5 Å². The van der Waals surface area contributed by atoms with Crippen LogP contribution >= 0.6 is 0 Å². The molecule has 1 N–H and O–H groups in total. The smallest absolute Gasteiger partial charge is 0.130 e. The zero-order valence-electron chi connectivity index (χ0n) is 9.39. The Labute approximate surface area is 91.0 Å². The van der Waals surface area contributed by atoms with E-state index in [-0.39, 0.29) is 5.82 Å². The van der Waals surface area contributed by atoms with Crippen LogP contribution in [0.3, 0.4) is 0 Å². The van der Waals surface area contributed by atoms with Crippen LogP contribution in [0, 0.1) is 12.7 Å². The first-order chi connectivity index (χ1) is 7.24. The Bertz CT molecular complexity index is 331. The molecule has 0 unspecified atom stereocenters. The molecule has 0 amide bonds. The van der Waals surface area contributed by atoms with E-state index in [0.29, 0.717) is 5.56 Å². The lowest BCUT2D eigenvalue weighted by Gasteiger charge is -1.99. The first-order valence-corrected chi connectivity index (χ1v) is 5.37. The topological polar surface area (TPSA) is 12.0 Å². The summed E-state index contributed by atoms with van der Waals surface area (Å²) in [5, 5.41) is 3.23. The molecule has 1 aromatic carbocycles. The van der Waals surface area contributed by atoms with Crippen molar-refractivity contribution in [1.82, 2.24) is 5.32 Å². The third-order valence-electron chi connectivity index (χ3n) is 2.14. The molecule has 0 saturated carbocycles. The van der Waals surface area contributed by atoms with E-state index < -0.39 is 0 Å². The summed E-state index contributed by atoms with van der Waals surface area (Å²) in [6.45, 7) is 5.88. The van der Waals surface area contributed by atoms with Crippen LogP contribution in [0.25, 0.3) is 6.08 Å². The van der Waals surface area contributed by atoms with Gasteiger partial charge in [-0.3, -0.25) is 0 Å². The maximum atomic E-state index is 13.3. The molecule has 0 fully saturated rings. The van der Waals surface area contributed by atoms with Crippen molar-refractivity contribution < 1.29 is 4.39 Å². The molecule has 0 spiro atoms. The molecule has 0 aromatic heterocycles. The Morgan fingerprint density at radius 1 is 1.40 bits per heavy atom. The van der Waals surface area contributed by atoms with Crippen LogP contribution in [0.15, 0.2) is 24.3 Å². The molecule has 15 heavy (non-hydrogen) atoms. The van der Waals surface area contributed by atoms with Crippen LogP contribution in [0.2, 0.25) is 0 Å². The van der Waals surface area contributed by atoms with E-state index in [2.05, 4.69) is 12.2 Å². The van der Waals surface area contributed by atoms with Crippen LogP contribution < -0.4 is 5.32 Å². The third-order valence-corrected chi connectivity index (χ3v) is 2.14. The summed E-state index contributed by atoms with van der Waals surface area (Å²) < 4.78 is 13.3. The minimum Gasteiger partial charge on any atom is -0.313 e. The second-order valence-corrected chi connectivity index (χ2v) is 3.63. The van der Waals surface area contributed by atoms with Gasteiger partial charge in [-0.2, -0.15) is 0 Å². The monoisotopic (exact) mass is 207 g/mol. The van der Waals surface area contributed by atoms with E-state index in [0.717, 1.165) is 25.1 Å². The summed E-state index contributed by atoms with van der Waals surface area (Å²) in [6.07, 6.45) is 4.89. The molecule has 0 aliphatic heterocycles. The maximum Gasteiger partial charge on any atom is 0.130 e. The van der Waals surface area contributed by atoms with Crippen molar-refractivity contribution >= 4 is 6.08 Å². The molecule has 2 heteroatoms. The van der Waals surface area contributed by atoms with Gasteiger partial charge in [0.1, 0.15) is 5.82 Å². The molecule has 82 valence electrons. The summed E-state index contributed by atoms with van der Waals surface area (Å²) in [4.78, 5) is 0. The zero-order valence-corrected chi connectivity index (χ0v) is 9.39. The van der Waals surface area contributed by atoms with Crippen LogP contribution in [0.5, 0.6) is 0 Å². The second kappa shape index (κ2) is 6.36. The molecule has 0 bridgehead atoms. The van der Waals surface area contributed by atoms with Gasteiger partial charge in [-0.15, -0.1) is 0 Å². The highest BCUT2D eigenvalue weighted by molar-refractivity contribution is 5.51. The minimum atomic E-state index is -0.160. The largest absolute Gasteiger partial charge is 0.313 e. The minimum absolute atomic E-state index is 0.160. The average Bonchev–Trinajstić information content (AvgIpc) is 2.23. The van der Waals surface area contributed by atoms with Crippen molar-refractivity contribution in [2.45, 2.75) is 20.3 Å². The molecule has 0 atom stereocenters. The Morgan fingerprint density at radius 2 is 2.20 bits per heavy atom. The van der Waals surface area contributed by atoms with E-state index in [4.69, 9.17) is 0 Å². The number of halogens is 1. The first-order valence-electron chi connectivity index (χ1n) is 5.37. The maximum absolute atomic E-state index is 13.3. The molecular weight excluding hydrogens is 189 g/mol. The summed E-state index contributed by atoms with van der Waals surface area (Å²) >= 11 is 0. The fourth-order valence-electron chi connectivity index (χ4n) is 1.34.